The number of benzene rings is 2. The molecule has 0 aromatic heterocycles. The number of nitrogens with one attached hydrogen (secondary N) is 1. The van der Waals surface area contributed by atoms with E-state index >= 15 is 0 Å². The molecule has 2 aromatic rings. The lowest BCUT2D eigenvalue weighted by Crippen LogP contribution is -2.49. The fourth-order valence-electron chi connectivity index (χ4n) is 4.37. The fourth-order valence-corrected chi connectivity index (χ4v) is 4.37. The van der Waals surface area contributed by atoms with Crippen LogP contribution in [0.3, 0.4) is 0 Å². The Hall–Kier alpha value is -3.68. The van der Waals surface area contributed by atoms with Crippen LogP contribution in [0.4, 0.5) is 15.8 Å². The quantitative estimate of drug-likeness (QED) is 0.681. The Labute approximate surface area is 191 Å². The van der Waals surface area contributed by atoms with Gasteiger partial charge in [0.05, 0.1) is 23.1 Å². The number of carboxylic acid groups (broad SMARTS) is 1. The molecule has 172 valence electrons. The van der Waals surface area contributed by atoms with E-state index in [-0.39, 0.29) is 11.7 Å². The number of aliphatic carboxylic acids is 1. The average molecular weight is 451 g/mol. The topological polar surface area (TPSA) is 89.9 Å². The van der Waals surface area contributed by atoms with Crippen LogP contribution in [0.5, 0.6) is 0 Å². The van der Waals surface area contributed by atoms with Gasteiger partial charge in [-0.2, -0.15) is 0 Å². The highest BCUT2D eigenvalue weighted by molar-refractivity contribution is 6.04. The molecule has 2 aliphatic rings. The van der Waals surface area contributed by atoms with Gasteiger partial charge in [-0.1, -0.05) is 24.3 Å². The SMILES string of the molecule is O=C(O)[C@H]1CC=CC[C@@H]1C(=O)Nc1ccccc1C(=O)N1CCN(c2ccc(F)cc2)CC1. The van der Waals surface area contributed by atoms with Crippen molar-refractivity contribution in [3.05, 3.63) is 72.1 Å². The molecule has 0 radical (unpaired) electrons. The maximum atomic E-state index is 13.2. The predicted molar refractivity (Wildman–Crippen MR) is 123 cm³/mol. The third kappa shape index (κ3) is 5.05. The highest BCUT2D eigenvalue weighted by Gasteiger charge is 2.34. The predicted octanol–water partition coefficient (Wildman–Crippen LogP) is 3.39. The van der Waals surface area contributed by atoms with Crippen molar-refractivity contribution in [3.8, 4) is 0 Å². The molecule has 1 aliphatic carbocycles. The average Bonchev–Trinajstić information content (AvgIpc) is 2.84. The summed E-state index contributed by atoms with van der Waals surface area (Å²) in [7, 11) is 0. The zero-order chi connectivity index (χ0) is 23.4. The van der Waals surface area contributed by atoms with Gasteiger partial charge in [-0.15, -0.1) is 0 Å². The lowest BCUT2D eigenvalue weighted by Gasteiger charge is -2.36. The molecular weight excluding hydrogens is 425 g/mol. The number of piperazine rings is 1. The first-order valence-electron chi connectivity index (χ1n) is 11.0. The van der Waals surface area contributed by atoms with Gasteiger partial charge in [0.15, 0.2) is 0 Å². The van der Waals surface area contributed by atoms with Crippen molar-refractivity contribution in [3.63, 3.8) is 0 Å². The Morgan fingerprint density at radius 1 is 0.879 bits per heavy atom. The zero-order valence-electron chi connectivity index (χ0n) is 18.1. The van der Waals surface area contributed by atoms with Gasteiger partial charge in [0.1, 0.15) is 5.82 Å². The van der Waals surface area contributed by atoms with E-state index in [4.69, 9.17) is 0 Å². The zero-order valence-corrected chi connectivity index (χ0v) is 18.1. The summed E-state index contributed by atoms with van der Waals surface area (Å²) in [6.07, 6.45) is 4.27. The van der Waals surface area contributed by atoms with Gasteiger partial charge in [-0.25, -0.2) is 4.39 Å². The van der Waals surface area contributed by atoms with Gasteiger partial charge >= 0.3 is 5.97 Å². The minimum Gasteiger partial charge on any atom is -0.481 e. The first-order chi connectivity index (χ1) is 15.9. The standard InChI is InChI=1S/C25H26FN3O4/c26-17-9-11-18(12-10-17)28-13-15-29(16-14-28)24(31)21-7-3-4-8-22(21)27-23(30)19-5-1-2-6-20(19)25(32)33/h1-4,7-12,19-20H,5-6,13-16H2,(H,27,30)(H,32,33)/t19-,20-/m0/s1. The van der Waals surface area contributed by atoms with Gasteiger partial charge in [-0.05, 0) is 49.2 Å². The lowest BCUT2D eigenvalue weighted by molar-refractivity contribution is -0.146. The van der Waals surface area contributed by atoms with E-state index < -0.39 is 23.7 Å². The first-order valence-corrected chi connectivity index (χ1v) is 11.0. The van der Waals surface area contributed by atoms with Crippen molar-refractivity contribution in [2.45, 2.75) is 12.8 Å². The maximum Gasteiger partial charge on any atom is 0.307 e. The number of hydrogen-bond donors (Lipinski definition) is 2. The number of carbonyl (C=O) groups excluding carboxylic acids is 2. The molecule has 0 unspecified atom stereocenters. The maximum absolute atomic E-state index is 13.2. The van der Waals surface area contributed by atoms with Gasteiger partial charge in [-0.3, -0.25) is 14.4 Å². The van der Waals surface area contributed by atoms with Gasteiger partial charge in [0, 0.05) is 31.9 Å². The second-order valence-electron chi connectivity index (χ2n) is 8.28. The molecule has 4 rings (SSSR count). The molecule has 2 atom stereocenters. The van der Waals surface area contributed by atoms with E-state index in [1.807, 2.05) is 6.08 Å². The van der Waals surface area contributed by atoms with Crippen molar-refractivity contribution in [1.29, 1.82) is 0 Å². The van der Waals surface area contributed by atoms with Crippen LogP contribution in [0.1, 0.15) is 23.2 Å². The molecule has 8 heteroatoms. The molecule has 0 bridgehead atoms. The Bertz CT molecular complexity index is 1060. The summed E-state index contributed by atoms with van der Waals surface area (Å²) in [5, 5.41) is 12.3. The van der Waals surface area contributed by atoms with Crippen LogP contribution >= 0.6 is 0 Å². The third-order valence-corrected chi connectivity index (χ3v) is 6.26. The molecule has 0 saturated carbocycles. The summed E-state index contributed by atoms with van der Waals surface area (Å²) >= 11 is 0. The third-order valence-electron chi connectivity index (χ3n) is 6.26. The van der Waals surface area contributed by atoms with Crippen molar-refractivity contribution in [2.24, 2.45) is 11.8 Å². The van der Waals surface area contributed by atoms with E-state index in [1.165, 1.54) is 12.1 Å². The van der Waals surface area contributed by atoms with Crippen molar-refractivity contribution in [2.75, 3.05) is 36.4 Å². The lowest BCUT2D eigenvalue weighted by atomic mass is 9.82. The second kappa shape index (κ2) is 9.85. The second-order valence-corrected chi connectivity index (χ2v) is 8.28. The normalized spacial score (nSPS) is 20.4. The van der Waals surface area contributed by atoms with Crippen LogP contribution < -0.4 is 10.2 Å². The number of amides is 2. The molecule has 0 spiro atoms. The molecule has 33 heavy (non-hydrogen) atoms. The van der Waals surface area contributed by atoms with Crippen LogP contribution in [-0.2, 0) is 9.59 Å². The monoisotopic (exact) mass is 451 g/mol. The number of hydrogen-bond acceptors (Lipinski definition) is 4. The molecule has 1 fully saturated rings. The van der Waals surface area contributed by atoms with E-state index in [2.05, 4.69) is 10.2 Å². The number of carboxylic acids is 1. The molecule has 2 amide bonds. The van der Waals surface area contributed by atoms with E-state index in [0.29, 0.717) is 50.3 Å². The number of carbonyl (C=O) groups is 3. The largest absolute Gasteiger partial charge is 0.481 e. The number of para-hydroxylation sites is 1. The van der Waals surface area contributed by atoms with Crippen LogP contribution in [0.15, 0.2) is 60.7 Å². The molecule has 1 saturated heterocycles. The Balaban J connectivity index is 1.43. The number of allylic oxidation sites excluding steroid dienone is 2. The summed E-state index contributed by atoms with van der Waals surface area (Å²) in [4.78, 5) is 41.5. The van der Waals surface area contributed by atoms with Gasteiger partial charge in [0.2, 0.25) is 5.91 Å². The first kappa shape index (κ1) is 22.5. The molecule has 1 aliphatic heterocycles. The molecule has 2 N–H and O–H groups in total. The number of halogens is 1. The van der Waals surface area contributed by atoms with E-state index in [0.717, 1.165) is 5.69 Å². The van der Waals surface area contributed by atoms with Crippen LogP contribution in [-0.4, -0.2) is 54.0 Å². The van der Waals surface area contributed by atoms with E-state index in [9.17, 15) is 23.9 Å². The summed E-state index contributed by atoms with van der Waals surface area (Å²) in [6.45, 7) is 2.21. The number of rotatable bonds is 5. The Morgan fingerprint density at radius 2 is 1.52 bits per heavy atom. The molecule has 7 nitrogen and oxygen atoms in total. The van der Waals surface area contributed by atoms with Crippen molar-refractivity contribution < 1.29 is 23.9 Å². The van der Waals surface area contributed by atoms with Crippen molar-refractivity contribution in [1.82, 2.24) is 4.90 Å². The highest BCUT2D eigenvalue weighted by Crippen LogP contribution is 2.28. The number of nitrogens with zero attached hydrogens (tertiary/aromatic N) is 2. The van der Waals surface area contributed by atoms with Crippen LogP contribution in [0.2, 0.25) is 0 Å². The summed E-state index contributed by atoms with van der Waals surface area (Å²) in [5.41, 5.74) is 1.66. The minimum atomic E-state index is -0.997. The molecular formula is C25H26FN3O4. The summed E-state index contributed by atoms with van der Waals surface area (Å²) in [5.74, 6) is -3.34. The van der Waals surface area contributed by atoms with Crippen LogP contribution in [0.25, 0.3) is 0 Å². The summed E-state index contributed by atoms with van der Waals surface area (Å²) < 4.78 is 13.2. The van der Waals surface area contributed by atoms with Gasteiger partial charge < -0.3 is 20.2 Å². The van der Waals surface area contributed by atoms with Gasteiger partial charge in [0.25, 0.3) is 5.91 Å². The molecule has 1 heterocycles. The van der Waals surface area contributed by atoms with Crippen molar-refractivity contribution >= 4 is 29.2 Å². The smallest absolute Gasteiger partial charge is 0.307 e. The summed E-state index contributed by atoms with van der Waals surface area (Å²) in [6, 6.07) is 13.1. The number of anilines is 2. The Morgan fingerprint density at radius 3 is 2.18 bits per heavy atom. The molecule has 2 aromatic carbocycles. The van der Waals surface area contributed by atoms with E-state index in [1.54, 1.807) is 47.4 Å². The van der Waals surface area contributed by atoms with Crippen LogP contribution in [0, 0.1) is 17.7 Å². The highest BCUT2D eigenvalue weighted by atomic mass is 19.1. The minimum absolute atomic E-state index is 0.192. The fraction of sp³-hybridized carbons (Fsp3) is 0.320. The Kier molecular flexibility index (Phi) is 6.72.